The van der Waals surface area contributed by atoms with Crippen LogP contribution in [0, 0.1) is 10.1 Å². The van der Waals surface area contributed by atoms with Crippen molar-refractivity contribution in [2.24, 2.45) is 0 Å². The molecule has 4 rings (SSSR count). The van der Waals surface area contributed by atoms with Crippen LogP contribution < -0.4 is 0 Å². The van der Waals surface area contributed by atoms with E-state index in [4.69, 9.17) is 4.74 Å². The van der Waals surface area contributed by atoms with Gasteiger partial charge in [-0.2, -0.15) is 0 Å². The second-order valence-electron chi connectivity index (χ2n) is 6.62. The quantitative estimate of drug-likeness (QED) is 0.632. The summed E-state index contributed by atoms with van der Waals surface area (Å²) in [6, 6.07) is 18.0. The molecule has 2 unspecified atom stereocenters. The molecule has 2 heterocycles. The van der Waals surface area contributed by atoms with E-state index in [0.29, 0.717) is 12.6 Å². The first-order valence-corrected chi connectivity index (χ1v) is 8.53. The molecule has 0 amide bonds. The van der Waals surface area contributed by atoms with Gasteiger partial charge in [0.05, 0.1) is 24.2 Å². The van der Waals surface area contributed by atoms with E-state index >= 15 is 0 Å². The zero-order valence-electron chi connectivity index (χ0n) is 13.9. The molecule has 2 atom stereocenters. The number of fused-ring (bicyclic) bond motifs is 2. The van der Waals surface area contributed by atoms with Crippen molar-refractivity contribution in [3.05, 3.63) is 81.9 Å². The van der Waals surface area contributed by atoms with Crippen LogP contribution in [0.1, 0.15) is 17.5 Å². The predicted molar refractivity (Wildman–Crippen MR) is 96.1 cm³/mol. The zero-order chi connectivity index (χ0) is 17.2. The Morgan fingerprint density at radius 3 is 2.52 bits per heavy atom. The van der Waals surface area contributed by atoms with Gasteiger partial charge in [0.1, 0.15) is 0 Å². The Morgan fingerprint density at radius 2 is 1.84 bits per heavy atom. The molecule has 0 N–H and O–H groups in total. The SMILES string of the molecule is O=[N+]([O-])c1ccc(C2=CC3COCC(C2)N3Cc2ccccc2)cc1. The number of nitrogens with zero attached hydrogens (tertiary/aromatic N) is 2. The third-order valence-electron chi connectivity index (χ3n) is 5.00. The number of morpholine rings is 1. The van der Waals surface area contributed by atoms with E-state index < -0.39 is 0 Å². The average molecular weight is 336 g/mol. The number of benzene rings is 2. The summed E-state index contributed by atoms with van der Waals surface area (Å²) in [5, 5.41) is 10.8. The lowest BCUT2D eigenvalue weighted by atomic mass is 9.89. The molecule has 0 saturated carbocycles. The number of non-ortho nitro benzene ring substituents is 1. The van der Waals surface area contributed by atoms with E-state index in [1.807, 2.05) is 18.2 Å². The summed E-state index contributed by atoms with van der Waals surface area (Å²) in [6.07, 6.45) is 3.17. The molecule has 2 aromatic carbocycles. The van der Waals surface area contributed by atoms with E-state index in [9.17, 15) is 10.1 Å². The molecule has 0 radical (unpaired) electrons. The fourth-order valence-corrected chi connectivity index (χ4v) is 3.71. The van der Waals surface area contributed by atoms with Crippen LogP contribution in [-0.2, 0) is 11.3 Å². The normalized spacial score (nSPS) is 23.1. The molecular weight excluding hydrogens is 316 g/mol. The minimum Gasteiger partial charge on any atom is -0.378 e. The second-order valence-corrected chi connectivity index (χ2v) is 6.62. The van der Waals surface area contributed by atoms with Gasteiger partial charge >= 0.3 is 0 Å². The van der Waals surface area contributed by atoms with Crippen LogP contribution in [0.5, 0.6) is 0 Å². The molecular formula is C20H20N2O3. The van der Waals surface area contributed by atoms with E-state index in [1.54, 1.807) is 12.1 Å². The number of ether oxygens (including phenoxy) is 1. The monoisotopic (exact) mass is 336 g/mol. The minimum atomic E-state index is -0.358. The Kier molecular flexibility index (Phi) is 4.34. The Morgan fingerprint density at radius 1 is 1.08 bits per heavy atom. The molecule has 0 aromatic heterocycles. The van der Waals surface area contributed by atoms with Crippen LogP contribution in [-0.4, -0.2) is 35.1 Å². The molecule has 0 aliphatic carbocycles. The van der Waals surface area contributed by atoms with Crippen molar-refractivity contribution in [3.63, 3.8) is 0 Å². The van der Waals surface area contributed by atoms with Crippen LogP contribution in [0.4, 0.5) is 5.69 Å². The van der Waals surface area contributed by atoms with Crippen molar-refractivity contribution in [3.8, 4) is 0 Å². The van der Waals surface area contributed by atoms with Crippen LogP contribution in [0.3, 0.4) is 0 Å². The van der Waals surface area contributed by atoms with Crippen molar-refractivity contribution < 1.29 is 9.66 Å². The first-order valence-electron chi connectivity index (χ1n) is 8.53. The van der Waals surface area contributed by atoms with Gasteiger partial charge in [-0.3, -0.25) is 15.0 Å². The molecule has 2 aromatic rings. The maximum atomic E-state index is 10.8. The minimum absolute atomic E-state index is 0.134. The van der Waals surface area contributed by atoms with Gasteiger partial charge in [0.15, 0.2) is 0 Å². The van der Waals surface area contributed by atoms with Gasteiger partial charge in [0.2, 0.25) is 0 Å². The lowest BCUT2D eigenvalue weighted by Gasteiger charge is -2.44. The van der Waals surface area contributed by atoms with Crippen molar-refractivity contribution in [2.75, 3.05) is 13.2 Å². The summed E-state index contributed by atoms with van der Waals surface area (Å²) in [5.74, 6) is 0. The van der Waals surface area contributed by atoms with Crippen LogP contribution in [0.25, 0.3) is 5.57 Å². The van der Waals surface area contributed by atoms with Gasteiger partial charge in [0.25, 0.3) is 5.69 Å². The summed E-state index contributed by atoms with van der Waals surface area (Å²) in [7, 11) is 0. The van der Waals surface area contributed by atoms with Crippen LogP contribution in [0.2, 0.25) is 0 Å². The van der Waals surface area contributed by atoms with E-state index in [0.717, 1.165) is 25.1 Å². The second kappa shape index (κ2) is 6.78. The number of rotatable bonds is 4. The Bertz CT molecular complexity index is 786. The highest BCUT2D eigenvalue weighted by Crippen LogP contribution is 2.34. The third kappa shape index (κ3) is 3.34. The van der Waals surface area contributed by atoms with Crippen molar-refractivity contribution in [1.29, 1.82) is 0 Å². The summed E-state index contributed by atoms with van der Waals surface area (Å²) in [4.78, 5) is 13.0. The molecule has 5 heteroatoms. The van der Waals surface area contributed by atoms with Gasteiger partial charge in [-0.05, 0) is 35.3 Å². The third-order valence-corrected chi connectivity index (χ3v) is 5.00. The van der Waals surface area contributed by atoms with Crippen LogP contribution in [0.15, 0.2) is 60.7 Å². The largest absolute Gasteiger partial charge is 0.378 e. The lowest BCUT2D eigenvalue weighted by Crippen LogP contribution is -2.53. The van der Waals surface area contributed by atoms with Gasteiger partial charge in [0, 0.05) is 24.7 Å². The average Bonchev–Trinajstić information content (AvgIpc) is 2.62. The molecule has 5 nitrogen and oxygen atoms in total. The van der Waals surface area contributed by atoms with Gasteiger partial charge in [-0.25, -0.2) is 0 Å². The van der Waals surface area contributed by atoms with Gasteiger partial charge in [-0.1, -0.05) is 36.4 Å². The molecule has 0 spiro atoms. The number of nitro groups is 1. The van der Waals surface area contributed by atoms with E-state index in [1.165, 1.54) is 11.1 Å². The summed E-state index contributed by atoms with van der Waals surface area (Å²) >= 11 is 0. The Balaban J connectivity index is 1.57. The number of hydrogen-bond acceptors (Lipinski definition) is 4. The predicted octanol–water partition coefficient (Wildman–Crippen LogP) is 3.65. The lowest BCUT2D eigenvalue weighted by molar-refractivity contribution is -0.384. The molecule has 1 fully saturated rings. The van der Waals surface area contributed by atoms with Crippen molar-refractivity contribution in [2.45, 2.75) is 25.0 Å². The Labute approximate surface area is 146 Å². The fourth-order valence-electron chi connectivity index (χ4n) is 3.71. The topological polar surface area (TPSA) is 55.6 Å². The molecule has 25 heavy (non-hydrogen) atoms. The zero-order valence-corrected chi connectivity index (χ0v) is 13.9. The summed E-state index contributed by atoms with van der Waals surface area (Å²) in [6.45, 7) is 2.34. The van der Waals surface area contributed by atoms with Crippen molar-refractivity contribution >= 4 is 11.3 Å². The first-order chi connectivity index (χ1) is 12.2. The highest BCUT2D eigenvalue weighted by molar-refractivity contribution is 5.68. The molecule has 2 aliphatic heterocycles. The van der Waals surface area contributed by atoms with Gasteiger partial charge in [-0.15, -0.1) is 0 Å². The fraction of sp³-hybridized carbons (Fsp3) is 0.300. The molecule has 128 valence electrons. The van der Waals surface area contributed by atoms with Crippen LogP contribution >= 0.6 is 0 Å². The summed E-state index contributed by atoms with van der Waals surface area (Å²) < 4.78 is 5.76. The number of nitro benzene ring substituents is 1. The first kappa shape index (κ1) is 16.0. The molecule has 2 aliphatic rings. The summed E-state index contributed by atoms with van der Waals surface area (Å²) in [5.41, 5.74) is 3.78. The smallest absolute Gasteiger partial charge is 0.269 e. The number of hydrogen-bond donors (Lipinski definition) is 0. The Hall–Kier alpha value is -2.50. The maximum Gasteiger partial charge on any atom is 0.269 e. The highest BCUT2D eigenvalue weighted by Gasteiger charge is 2.34. The van der Waals surface area contributed by atoms with Crippen molar-refractivity contribution in [1.82, 2.24) is 4.90 Å². The van der Waals surface area contributed by atoms with Gasteiger partial charge < -0.3 is 4.74 Å². The molecule has 2 bridgehead atoms. The highest BCUT2D eigenvalue weighted by atomic mass is 16.6. The molecule has 1 saturated heterocycles. The maximum absolute atomic E-state index is 10.8. The van der Waals surface area contributed by atoms with E-state index in [2.05, 4.69) is 35.2 Å². The van der Waals surface area contributed by atoms with E-state index in [-0.39, 0.29) is 16.7 Å². The standard InChI is InChI=1S/C20H20N2O3/c23-22(24)18-8-6-16(7-9-18)17-10-19-13-25-14-20(11-17)21(19)12-15-4-2-1-3-5-15/h1-10,19-20H,11-14H2.